The van der Waals surface area contributed by atoms with Crippen LogP contribution in [0.4, 0.5) is 0 Å². The molecule has 1 amide bonds. The summed E-state index contributed by atoms with van der Waals surface area (Å²) >= 11 is 5.77. The van der Waals surface area contributed by atoms with Crippen LogP contribution in [0.25, 0.3) is 0 Å². The van der Waals surface area contributed by atoms with Crippen LogP contribution in [0.2, 0.25) is 5.02 Å². The minimum absolute atomic E-state index is 0.0806. The first-order valence-corrected chi connectivity index (χ1v) is 7.50. The van der Waals surface area contributed by atoms with Gasteiger partial charge in [-0.25, -0.2) is 4.98 Å². The molecular weight excluding hydrogens is 316 g/mol. The molecule has 0 atom stereocenters. The maximum Gasteiger partial charge on any atom is 0.220 e. The number of carbonyl (C=O) groups is 2. The largest absolute Gasteiger partial charge is 0.481 e. The Bertz CT molecular complexity index is 669. The van der Waals surface area contributed by atoms with Crippen LogP contribution in [-0.2, 0) is 11.3 Å². The first kappa shape index (κ1) is 17.0. The fraction of sp³-hybridized carbons (Fsp3) is 0.235. The molecule has 0 aliphatic rings. The molecule has 0 aliphatic carbocycles. The number of nitrogens with one attached hydrogen (secondary N) is 1. The molecule has 1 aromatic heterocycles. The van der Waals surface area contributed by atoms with Gasteiger partial charge in [-0.1, -0.05) is 17.7 Å². The van der Waals surface area contributed by atoms with Gasteiger partial charge in [-0.15, -0.1) is 0 Å². The Kier molecular flexibility index (Phi) is 6.11. The molecule has 0 saturated heterocycles. The summed E-state index contributed by atoms with van der Waals surface area (Å²) in [6, 6.07) is 10.2. The van der Waals surface area contributed by atoms with Crippen LogP contribution < -0.4 is 10.1 Å². The van der Waals surface area contributed by atoms with Crippen molar-refractivity contribution in [3.63, 3.8) is 0 Å². The number of benzene rings is 1. The fourth-order valence-electron chi connectivity index (χ4n) is 1.93. The van der Waals surface area contributed by atoms with Crippen LogP contribution in [0.1, 0.15) is 28.8 Å². The number of hydrogen-bond acceptors (Lipinski definition) is 4. The second-order valence-electron chi connectivity index (χ2n) is 4.92. The second-order valence-corrected chi connectivity index (χ2v) is 5.35. The number of methoxy groups -OCH3 is 1. The van der Waals surface area contributed by atoms with Crippen LogP contribution in [0.15, 0.2) is 42.6 Å². The van der Waals surface area contributed by atoms with Crippen molar-refractivity contribution in [2.75, 3.05) is 7.11 Å². The zero-order valence-corrected chi connectivity index (χ0v) is 13.5. The van der Waals surface area contributed by atoms with E-state index in [0.29, 0.717) is 23.0 Å². The summed E-state index contributed by atoms with van der Waals surface area (Å²) in [6.07, 6.45) is 1.94. The van der Waals surface area contributed by atoms with Gasteiger partial charge in [0.25, 0.3) is 0 Å². The van der Waals surface area contributed by atoms with Crippen molar-refractivity contribution < 1.29 is 14.3 Å². The Hall–Kier alpha value is -2.40. The number of carbonyl (C=O) groups excluding carboxylic acids is 2. The van der Waals surface area contributed by atoms with Crippen molar-refractivity contribution in [2.24, 2.45) is 0 Å². The van der Waals surface area contributed by atoms with Crippen molar-refractivity contribution in [3.05, 3.63) is 58.7 Å². The van der Waals surface area contributed by atoms with E-state index in [1.807, 2.05) is 6.07 Å². The topological polar surface area (TPSA) is 68.3 Å². The van der Waals surface area contributed by atoms with E-state index in [1.54, 1.807) is 43.6 Å². The fourth-order valence-corrected chi connectivity index (χ4v) is 2.06. The third kappa shape index (κ3) is 5.38. The highest BCUT2D eigenvalue weighted by molar-refractivity contribution is 6.30. The summed E-state index contributed by atoms with van der Waals surface area (Å²) in [6.45, 7) is 0.366. The van der Waals surface area contributed by atoms with E-state index in [9.17, 15) is 9.59 Å². The number of Topliss-reactive ketones (excluding diaryl/α,β-unsaturated/α-hetero) is 1. The van der Waals surface area contributed by atoms with Gasteiger partial charge in [-0.2, -0.15) is 0 Å². The molecule has 0 saturated carbocycles. The van der Waals surface area contributed by atoms with E-state index in [1.165, 1.54) is 0 Å². The van der Waals surface area contributed by atoms with E-state index in [2.05, 4.69) is 10.3 Å². The van der Waals surface area contributed by atoms with Crippen molar-refractivity contribution >= 4 is 23.3 Å². The molecule has 6 heteroatoms. The number of hydrogen-bond donors (Lipinski definition) is 1. The molecular formula is C17H17ClN2O3. The first-order chi connectivity index (χ1) is 11.1. The second kappa shape index (κ2) is 8.29. The number of ether oxygens (including phenoxy) is 1. The Labute approximate surface area is 139 Å². The summed E-state index contributed by atoms with van der Waals surface area (Å²) in [4.78, 5) is 27.8. The summed E-state index contributed by atoms with van der Waals surface area (Å²) in [5.41, 5.74) is 1.42. The molecule has 0 radical (unpaired) electrons. The van der Waals surface area contributed by atoms with Gasteiger partial charge in [0, 0.05) is 42.2 Å². The lowest BCUT2D eigenvalue weighted by Crippen LogP contribution is -2.23. The minimum atomic E-state index is -0.178. The zero-order valence-electron chi connectivity index (χ0n) is 12.7. The molecule has 2 rings (SSSR count). The SMILES string of the molecule is COc1ccc(CNC(=O)CCC(=O)c2ccc(Cl)cc2)cn1. The van der Waals surface area contributed by atoms with E-state index >= 15 is 0 Å². The Morgan fingerprint density at radius 3 is 2.48 bits per heavy atom. The number of aromatic nitrogens is 1. The molecule has 0 unspecified atom stereocenters. The summed E-state index contributed by atoms with van der Waals surface area (Å²) in [5, 5.41) is 3.34. The number of amides is 1. The molecule has 0 aliphatic heterocycles. The third-order valence-electron chi connectivity index (χ3n) is 3.24. The van der Waals surface area contributed by atoms with Crippen molar-refractivity contribution in [3.8, 4) is 5.88 Å². The highest BCUT2D eigenvalue weighted by atomic mass is 35.5. The summed E-state index contributed by atoms with van der Waals surface area (Å²) in [5.74, 6) is 0.264. The van der Waals surface area contributed by atoms with Gasteiger partial charge in [0.05, 0.1) is 7.11 Å². The molecule has 0 bridgehead atoms. The lowest BCUT2D eigenvalue weighted by atomic mass is 10.1. The predicted molar refractivity (Wildman–Crippen MR) is 87.7 cm³/mol. The predicted octanol–water partition coefficient (Wildman–Crippen LogP) is 3.02. The highest BCUT2D eigenvalue weighted by Crippen LogP contribution is 2.12. The van der Waals surface area contributed by atoms with Crippen LogP contribution in [0.5, 0.6) is 5.88 Å². The molecule has 1 aromatic carbocycles. The number of rotatable bonds is 7. The lowest BCUT2D eigenvalue weighted by molar-refractivity contribution is -0.121. The molecule has 120 valence electrons. The van der Waals surface area contributed by atoms with Crippen molar-refractivity contribution in [1.29, 1.82) is 0 Å². The van der Waals surface area contributed by atoms with Crippen LogP contribution in [0.3, 0.4) is 0 Å². The molecule has 1 heterocycles. The lowest BCUT2D eigenvalue weighted by Gasteiger charge is -2.06. The molecule has 1 N–H and O–H groups in total. The smallest absolute Gasteiger partial charge is 0.220 e. The average Bonchev–Trinajstić information content (AvgIpc) is 2.59. The van der Waals surface area contributed by atoms with Crippen LogP contribution >= 0.6 is 11.6 Å². The van der Waals surface area contributed by atoms with Gasteiger partial charge in [-0.05, 0) is 29.8 Å². The van der Waals surface area contributed by atoms with Gasteiger partial charge < -0.3 is 10.1 Å². The molecule has 23 heavy (non-hydrogen) atoms. The van der Waals surface area contributed by atoms with Crippen molar-refractivity contribution in [1.82, 2.24) is 10.3 Å². The third-order valence-corrected chi connectivity index (χ3v) is 3.49. The van der Waals surface area contributed by atoms with E-state index in [-0.39, 0.29) is 24.5 Å². The number of pyridine rings is 1. The Balaban J connectivity index is 1.76. The maximum absolute atomic E-state index is 12.0. The van der Waals surface area contributed by atoms with Crippen LogP contribution in [0, 0.1) is 0 Å². The van der Waals surface area contributed by atoms with Gasteiger partial charge in [0.15, 0.2) is 5.78 Å². The highest BCUT2D eigenvalue weighted by Gasteiger charge is 2.09. The van der Waals surface area contributed by atoms with Gasteiger partial charge in [0.1, 0.15) is 0 Å². The minimum Gasteiger partial charge on any atom is -0.481 e. The monoisotopic (exact) mass is 332 g/mol. The van der Waals surface area contributed by atoms with E-state index in [0.717, 1.165) is 5.56 Å². The Morgan fingerprint density at radius 1 is 1.13 bits per heavy atom. The van der Waals surface area contributed by atoms with Gasteiger partial charge in [-0.3, -0.25) is 9.59 Å². The standard InChI is InChI=1S/C17H17ClN2O3/c1-23-17-9-2-12(11-20-17)10-19-16(22)8-7-15(21)13-3-5-14(18)6-4-13/h2-6,9,11H,7-8,10H2,1H3,(H,19,22). The number of nitrogens with zero attached hydrogens (tertiary/aromatic N) is 1. The number of halogens is 1. The molecule has 5 nitrogen and oxygen atoms in total. The zero-order chi connectivity index (χ0) is 16.7. The maximum atomic E-state index is 12.0. The summed E-state index contributed by atoms with van der Waals surface area (Å²) in [7, 11) is 1.54. The van der Waals surface area contributed by atoms with E-state index in [4.69, 9.17) is 16.3 Å². The normalized spacial score (nSPS) is 10.2. The molecule has 0 spiro atoms. The number of ketones is 1. The molecule has 0 fully saturated rings. The van der Waals surface area contributed by atoms with E-state index < -0.39 is 0 Å². The van der Waals surface area contributed by atoms with Crippen LogP contribution in [-0.4, -0.2) is 23.8 Å². The van der Waals surface area contributed by atoms with Gasteiger partial charge >= 0.3 is 0 Å². The first-order valence-electron chi connectivity index (χ1n) is 7.13. The summed E-state index contributed by atoms with van der Waals surface area (Å²) < 4.78 is 4.96. The quantitative estimate of drug-likeness (QED) is 0.791. The molecule has 2 aromatic rings. The van der Waals surface area contributed by atoms with Gasteiger partial charge in [0.2, 0.25) is 11.8 Å². The van der Waals surface area contributed by atoms with Crippen molar-refractivity contribution in [2.45, 2.75) is 19.4 Å². The Morgan fingerprint density at radius 2 is 1.87 bits per heavy atom. The average molecular weight is 333 g/mol.